The molecule has 0 atom stereocenters. The molecule has 4 rings (SSSR count). The van der Waals surface area contributed by atoms with Crippen molar-refractivity contribution in [1.82, 2.24) is 25.6 Å². The zero-order valence-corrected chi connectivity index (χ0v) is 17.7. The van der Waals surface area contributed by atoms with Gasteiger partial charge in [0.2, 0.25) is 0 Å². The van der Waals surface area contributed by atoms with Gasteiger partial charge in [0.15, 0.2) is 5.11 Å². The number of amides is 1. The summed E-state index contributed by atoms with van der Waals surface area (Å²) in [7, 11) is 0. The molecule has 1 fully saturated rings. The number of nitrogens with zero attached hydrogens (tertiary/aromatic N) is 2. The van der Waals surface area contributed by atoms with Gasteiger partial charge >= 0.3 is 0 Å². The molecule has 1 amide bonds. The van der Waals surface area contributed by atoms with E-state index >= 15 is 0 Å². The summed E-state index contributed by atoms with van der Waals surface area (Å²) in [4.78, 5) is 14.9. The highest BCUT2D eigenvalue weighted by Crippen LogP contribution is 2.28. The number of hydrazine groups is 1. The molecule has 0 bridgehead atoms. The molecular formula is C22H27N5O2S. The third-order valence-electron chi connectivity index (χ3n) is 5.34. The number of para-hydroxylation sites is 2. The van der Waals surface area contributed by atoms with Crippen molar-refractivity contribution in [1.29, 1.82) is 0 Å². The molecule has 1 aliphatic rings. The second-order valence-corrected chi connectivity index (χ2v) is 7.77. The smallest absolute Gasteiger partial charge is 0.258 e. The van der Waals surface area contributed by atoms with Crippen LogP contribution in [0.1, 0.15) is 6.42 Å². The summed E-state index contributed by atoms with van der Waals surface area (Å²) in [5.74, 6) is -0.154. The Bertz CT molecular complexity index is 975. The molecule has 30 heavy (non-hydrogen) atoms. The Morgan fingerprint density at radius 3 is 2.27 bits per heavy atom. The molecule has 8 heteroatoms. The van der Waals surface area contributed by atoms with E-state index in [0.29, 0.717) is 5.11 Å². The fourth-order valence-corrected chi connectivity index (χ4v) is 4.01. The minimum atomic E-state index is -0.154. The molecule has 1 aromatic heterocycles. The van der Waals surface area contributed by atoms with Crippen molar-refractivity contribution in [3.05, 3.63) is 48.5 Å². The molecule has 0 aliphatic carbocycles. The molecule has 0 radical (unpaired) electrons. The van der Waals surface area contributed by atoms with E-state index in [1.165, 1.54) is 0 Å². The SMILES string of the molecule is O=C(Cn1c2ccccc2c2ccccc21)NNC(=S)NCCCN1CCOCC1. The number of ether oxygens (including phenoxy) is 1. The quantitative estimate of drug-likeness (QED) is 0.319. The Labute approximate surface area is 181 Å². The van der Waals surface area contributed by atoms with Crippen LogP contribution in [0.3, 0.4) is 0 Å². The van der Waals surface area contributed by atoms with Gasteiger partial charge in [-0.15, -0.1) is 0 Å². The van der Waals surface area contributed by atoms with Crippen LogP contribution in [0.15, 0.2) is 48.5 Å². The lowest BCUT2D eigenvalue weighted by molar-refractivity contribution is -0.122. The van der Waals surface area contributed by atoms with Crippen LogP contribution in [-0.4, -0.2) is 59.9 Å². The van der Waals surface area contributed by atoms with Gasteiger partial charge in [0, 0.05) is 41.4 Å². The Hall–Kier alpha value is -2.68. The zero-order valence-electron chi connectivity index (χ0n) is 16.9. The first kappa shape index (κ1) is 20.6. The van der Waals surface area contributed by atoms with Gasteiger partial charge in [-0.2, -0.15) is 0 Å². The van der Waals surface area contributed by atoms with Gasteiger partial charge in [0.05, 0.1) is 13.2 Å². The highest BCUT2D eigenvalue weighted by atomic mass is 32.1. The molecular weight excluding hydrogens is 398 g/mol. The number of morpholine rings is 1. The Kier molecular flexibility index (Phi) is 6.78. The predicted octanol–water partition coefficient (Wildman–Crippen LogP) is 2.01. The minimum absolute atomic E-state index is 0.154. The average Bonchev–Trinajstić information content (AvgIpc) is 3.10. The summed E-state index contributed by atoms with van der Waals surface area (Å²) >= 11 is 5.27. The summed E-state index contributed by atoms with van der Waals surface area (Å²) in [6.07, 6.45) is 0.983. The normalized spacial score (nSPS) is 14.7. The lowest BCUT2D eigenvalue weighted by atomic mass is 10.2. The third-order valence-corrected chi connectivity index (χ3v) is 5.58. The van der Waals surface area contributed by atoms with Crippen LogP contribution in [-0.2, 0) is 16.1 Å². The molecule has 0 unspecified atom stereocenters. The fraction of sp³-hybridized carbons (Fsp3) is 0.364. The molecule has 3 N–H and O–H groups in total. The van der Waals surface area contributed by atoms with E-state index in [9.17, 15) is 4.79 Å². The van der Waals surface area contributed by atoms with E-state index in [2.05, 4.69) is 33.2 Å². The van der Waals surface area contributed by atoms with Crippen molar-refractivity contribution in [2.24, 2.45) is 0 Å². The molecule has 1 aliphatic heterocycles. The number of aromatic nitrogens is 1. The van der Waals surface area contributed by atoms with Crippen molar-refractivity contribution in [2.75, 3.05) is 39.4 Å². The van der Waals surface area contributed by atoms with Crippen molar-refractivity contribution >= 4 is 45.0 Å². The maximum atomic E-state index is 12.5. The number of carbonyl (C=O) groups excluding carboxylic acids is 1. The number of nitrogens with one attached hydrogen (secondary N) is 3. The van der Waals surface area contributed by atoms with E-state index in [1.807, 2.05) is 41.0 Å². The Morgan fingerprint density at radius 1 is 0.967 bits per heavy atom. The van der Waals surface area contributed by atoms with Gasteiger partial charge in [-0.1, -0.05) is 36.4 Å². The van der Waals surface area contributed by atoms with Crippen molar-refractivity contribution in [3.63, 3.8) is 0 Å². The first-order valence-electron chi connectivity index (χ1n) is 10.3. The number of rotatable bonds is 6. The van der Waals surface area contributed by atoms with E-state index in [0.717, 1.165) is 67.6 Å². The summed E-state index contributed by atoms with van der Waals surface area (Å²) in [5, 5.41) is 5.85. The standard InChI is InChI=1S/C22H27N5O2S/c28-21(24-25-22(30)23-10-5-11-26-12-14-29-15-13-26)16-27-19-8-3-1-6-17(19)18-7-2-4-9-20(18)27/h1-4,6-9H,5,10-16H2,(H,24,28)(H2,23,25,30). The topological polar surface area (TPSA) is 70.6 Å². The molecule has 0 saturated carbocycles. The van der Waals surface area contributed by atoms with Crippen LogP contribution < -0.4 is 16.2 Å². The molecule has 3 aromatic rings. The number of hydrogen-bond donors (Lipinski definition) is 3. The van der Waals surface area contributed by atoms with Crippen LogP contribution in [0, 0.1) is 0 Å². The van der Waals surface area contributed by atoms with E-state index in [-0.39, 0.29) is 12.5 Å². The highest BCUT2D eigenvalue weighted by Gasteiger charge is 2.13. The first-order valence-corrected chi connectivity index (χ1v) is 10.7. The average molecular weight is 426 g/mol. The van der Waals surface area contributed by atoms with Gasteiger partial charge in [0.1, 0.15) is 6.54 Å². The fourth-order valence-electron chi connectivity index (χ4n) is 3.86. The molecule has 7 nitrogen and oxygen atoms in total. The van der Waals surface area contributed by atoms with E-state index in [4.69, 9.17) is 17.0 Å². The lowest BCUT2D eigenvalue weighted by Crippen LogP contribution is -2.48. The maximum absolute atomic E-state index is 12.5. The molecule has 2 aromatic carbocycles. The van der Waals surface area contributed by atoms with Gasteiger partial charge < -0.3 is 14.6 Å². The number of hydrogen-bond acceptors (Lipinski definition) is 4. The van der Waals surface area contributed by atoms with Gasteiger partial charge in [-0.3, -0.25) is 20.5 Å². The second kappa shape index (κ2) is 9.88. The Balaban J connectivity index is 1.26. The summed E-state index contributed by atoms with van der Waals surface area (Å²) in [6.45, 7) is 5.57. The zero-order chi connectivity index (χ0) is 20.8. The molecule has 0 spiro atoms. The van der Waals surface area contributed by atoms with Crippen LogP contribution in [0.5, 0.6) is 0 Å². The van der Waals surface area contributed by atoms with Crippen LogP contribution in [0.25, 0.3) is 21.8 Å². The molecule has 158 valence electrons. The summed E-state index contributed by atoms with van der Waals surface area (Å²) in [5.41, 5.74) is 7.58. The van der Waals surface area contributed by atoms with E-state index < -0.39 is 0 Å². The molecule has 1 saturated heterocycles. The second-order valence-electron chi connectivity index (χ2n) is 7.36. The summed E-state index contributed by atoms with van der Waals surface area (Å²) < 4.78 is 7.38. The van der Waals surface area contributed by atoms with Crippen molar-refractivity contribution in [2.45, 2.75) is 13.0 Å². The number of thiocarbonyl (C=S) groups is 1. The van der Waals surface area contributed by atoms with Crippen LogP contribution >= 0.6 is 12.2 Å². The Morgan fingerprint density at radius 2 is 1.60 bits per heavy atom. The highest BCUT2D eigenvalue weighted by molar-refractivity contribution is 7.80. The first-order chi connectivity index (χ1) is 14.7. The van der Waals surface area contributed by atoms with E-state index in [1.54, 1.807) is 0 Å². The van der Waals surface area contributed by atoms with Crippen molar-refractivity contribution < 1.29 is 9.53 Å². The largest absolute Gasteiger partial charge is 0.379 e. The maximum Gasteiger partial charge on any atom is 0.258 e. The predicted molar refractivity (Wildman–Crippen MR) is 123 cm³/mol. The van der Waals surface area contributed by atoms with Crippen molar-refractivity contribution in [3.8, 4) is 0 Å². The summed E-state index contributed by atoms with van der Waals surface area (Å²) in [6, 6.07) is 16.3. The van der Waals surface area contributed by atoms with Gasteiger partial charge in [-0.05, 0) is 37.3 Å². The third kappa shape index (κ3) is 4.89. The van der Waals surface area contributed by atoms with Gasteiger partial charge in [-0.25, -0.2) is 0 Å². The monoisotopic (exact) mass is 425 g/mol. The molecule has 2 heterocycles. The number of fused-ring (bicyclic) bond motifs is 3. The van der Waals surface area contributed by atoms with Crippen LogP contribution in [0.2, 0.25) is 0 Å². The van der Waals surface area contributed by atoms with Gasteiger partial charge in [0.25, 0.3) is 5.91 Å². The lowest BCUT2D eigenvalue weighted by Gasteiger charge is -2.26. The minimum Gasteiger partial charge on any atom is -0.379 e. The van der Waals surface area contributed by atoms with Crippen LogP contribution in [0.4, 0.5) is 0 Å². The number of benzene rings is 2. The number of carbonyl (C=O) groups is 1.